The number of carbonyl (C=O) groups excluding carboxylic acids is 1. The average molecular weight is 414 g/mol. The minimum atomic E-state index is -0.0464. The molecular formula is C20H23N5O3S. The molecule has 0 radical (unpaired) electrons. The number of amides is 1. The summed E-state index contributed by atoms with van der Waals surface area (Å²) in [7, 11) is 3.17. The van der Waals surface area contributed by atoms with Crippen LogP contribution in [0.2, 0.25) is 0 Å². The highest BCUT2D eigenvalue weighted by atomic mass is 32.1. The average Bonchev–Trinajstić information content (AvgIpc) is 3.46. The van der Waals surface area contributed by atoms with Crippen molar-refractivity contribution in [2.24, 2.45) is 5.92 Å². The molecule has 1 aliphatic heterocycles. The molecule has 2 aromatic heterocycles. The standard InChI is InChI=1S/C20H23N5O3S/c1-27-15-5-6-16(17(13-15)28-2)21-18(26)14-7-11-25(12-8-14)20-23-22-19(29-20)24-9-3-4-10-24/h3-6,9-10,13-14H,7-8,11-12H2,1-2H3,(H,21,26). The Morgan fingerprint density at radius 3 is 2.52 bits per heavy atom. The van der Waals surface area contributed by atoms with Crippen molar-refractivity contribution in [1.82, 2.24) is 14.8 Å². The van der Waals surface area contributed by atoms with Crippen LogP contribution in [0.25, 0.3) is 5.13 Å². The van der Waals surface area contributed by atoms with Gasteiger partial charge < -0.3 is 19.7 Å². The first-order valence-electron chi connectivity index (χ1n) is 9.42. The summed E-state index contributed by atoms with van der Waals surface area (Å²) in [5.41, 5.74) is 0.654. The normalized spacial score (nSPS) is 14.6. The first kappa shape index (κ1) is 19.3. The number of piperidine rings is 1. The van der Waals surface area contributed by atoms with Crippen LogP contribution in [0.15, 0.2) is 42.7 Å². The third-order valence-corrected chi connectivity index (χ3v) is 6.03. The molecule has 1 amide bonds. The number of methoxy groups -OCH3 is 2. The van der Waals surface area contributed by atoms with Crippen LogP contribution in [0, 0.1) is 5.92 Å². The molecule has 1 aliphatic rings. The van der Waals surface area contributed by atoms with Crippen molar-refractivity contribution in [3.05, 3.63) is 42.7 Å². The Morgan fingerprint density at radius 1 is 1.10 bits per heavy atom. The zero-order chi connectivity index (χ0) is 20.2. The fourth-order valence-electron chi connectivity index (χ4n) is 3.37. The fourth-order valence-corrected chi connectivity index (χ4v) is 4.24. The summed E-state index contributed by atoms with van der Waals surface area (Å²) in [5, 5.41) is 13.3. The number of hydrogen-bond donors (Lipinski definition) is 1. The molecule has 0 aliphatic carbocycles. The number of nitrogens with zero attached hydrogens (tertiary/aromatic N) is 4. The zero-order valence-electron chi connectivity index (χ0n) is 16.4. The summed E-state index contributed by atoms with van der Waals surface area (Å²) in [6.45, 7) is 1.55. The second-order valence-electron chi connectivity index (χ2n) is 6.77. The van der Waals surface area contributed by atoms with E-state index in [4.69, 9.17) is 9.47 Å². The molecule has 0 unspecified atom stereocenters. The third-order valence-electron chi connectivity index (χ3n) is 5.03. The van der Waals surface area contributed by atoms with Crippen molar-refractivity contribution in [2.45, 2.75) is 12.8 Å². The quantitative estimate of drug-likeness (QED) is 0.668. The van der Waals surface area contributed by atoms with Crippen LogP contribution in [0.5, 0.6) is 11.5 Å². The first-order valence-corrected chi connectivity index (χ1v) is 10.2. The molecule has 0 bridgehead atoms. The van der Waals surface area contributed by atoms with Crippen molar-refractivity contribution in [3.63, 3.8) is 0 Å². The second-order valence-corrected chi connectivity index (χ2v) is 7.71. The number of hydrogen-bond acceptors (Lipinski definition) is 7. The summed E-state index contributed by atoms with van der Waals surface area (Å²) in [5.74, 6) is 1.24. The third kappa shape index (κ3) is 4.19. The number of benzene rings is 1. The Kier molecular flexibility index (Phi) is 5.66. The minimum Gasteiger partial charge on any atom is -0.497 e. The molecule has 0 spiro atoms. The lowest BCUT2D eigenvalue weighted by Gasteiger charge is -2.30. The number of rotatable bonds is 6. The van der Waals surface area contributed by atoms with Gasteiger partial charge in [0, 0.05) is 37.5 Å². The topological polar surface area (TPSA) is 81.5 Å². The largest absolute Gasteiger partial charge is 0.497 e. The predicted octanol–water partition coefficient (Wildman–Crippen LogP) is 3.20. The van der Waals surface area contributed by atoms with E-state index in [-0.39, 0.29) is 11.8 Å². The maximum absolute atomic E-state index is 12.7. The van der Waals surface area contributed by atoms with Crippen molar-refractivity contribution < 1.29 is 14.3 Å². The summed E-state index contributed by atoms with van der Waals surface area (Å²) < 4.78 is 12.5. The van der Waals surface area contributed by atoms with Crippen LogP contribution < -0.4 is 19.7 Å². The lowest BCUT2D eigenvalue weighted by molar-refractivity contribution is -0.120. The van der Waals surface area contributed by atoms with Gasteiger partial charge in [-0.2, -0.15) is 0 Å². The summed E-state index contributed by atoms with van der Waals surface area (Å²) in [6, 6.07) is 9.29. The van der Waals surface area contributed by atoms with Gasteiger partial charge in [0.25, 0.3) is 0 Å². The molecule has 0 atom stereocenters. The molecule has 3 aromatic rings. The van der Waals surface area contributed by atoms with Crippen molar-refractivity contribution in [1.29, 1.82) is 0 Å². The van der Waals surface area contributed by atoms with E-state index in [0.717, 1.165) is 36.2 Å². The summed E-state index contributed by atoms with van der Waals surface area (Å²) >= 11 is 1.56. The molecule has 9 heteroatoms. The Labute approximate surface area is 173 Å². The van der Waals surface area contributed by atoms with Crippen LogP contribution in [0.3, 0.4) is 0 Å². The van der Waals surface area contributed by atoms with Gasteiger partial charge in [-0.1, -0.05) is 11.3 Å². The van der Waals surface area contributed by atoms with E-state index >= 15 is 0 Å². The van der Waals surface area contributed by atoms with Crippen molar-refractivity contribution in [2.75, 3.05) is 37.5 Å². The zero-order valence-corrected chi connectivity index (χ0v) is 17.2. The van der Waals surface area contributed by atoms with Gasteiger partial charge in [-0.25, -0.2) is 0 Å². The van der Waals surface area contributed by atoms with Gasteiger partial charge in [-0.05, 0) is 37.1 Å². The highest BCUT2D eigenvalue weighted by Gasteiger charge is 2.27. The maximum atomic E-state index is 12.7. The molecule has 152 valence electrons. The van der Waals surface area contributed by atoms with Gasteiger partial charge in [-0.15, -0.1) is 10.2 Å². The Morgan fingerprint density at radius 2 is 1.83 bits per heavy atom. The van der Waals surface area contributed by atoms with E-state index in [1.165, 1.54) is 0 Å². The SMILES string of the molecule is COc1ccc(NC(=O)C2CCN(c3nnc(-n4cccc4)s3)CC2)c(OC)c1. The Hall–Kier alpha value is -3.07. The molecule has 8 nitrogen and oxygen atoms in total. The fraction of sp³-hybridized carbons (Fsp3) is 0.350. The minimum absolute atomic E-state index is 0.0124. The van der Waals surface area contributed by atoms with E-state index in [9.17, 15) is 4.79 Å². The smallest absolute Gasteiger partial charge is 0.227 e. The number of anilines is 2. The van der Waals surface area contributed by atoms with Gasteiger partial charge in [-0.3, -0.25) is 9.36 Å². The number of aromatic nitrogens is 3. The predicted molar refractivity (Wildman–Crippen MR) is 112 cm³/mol. The van der Waals surface area contributed by atoms with Crippen molar-refractivity contribution in [3.8, 4) is 16.6 Å². The monoisotopic (exact) mass is 413 g/mol. The molecular weight excluding hydrogens is 390 g/mol. The van der Waals surface area contributed by atoms with Gasteiger partial charge in [0.2, 0.25) is 16.2 Å². The van der Waals surface area contributed by atoms with Crippen LogP contribution in [-0.2, 0) is 4.79 Å². The first-order chi connectivity index (χ1) is 14.2. The van der Waals surface area contributed by atoms with E-state index in [2.05, 4.69) is 20.4 Å². The van der Waals surface area contributed by atoms with E-state index in [1.807, 2.05) is 29.1 Å². The second kappa shape index (κ2) is 8.52. The molecule has 0 saturated carbocycles. The molecule has 4 rings (SSSR count). The van der Waals surface area contributed by atoms with Crippen LogP contribution in [0.1, 0.15) is 12.8 Å². The Bertz CT molecular complexity index is 964. The molecule has 1 N–H and O–H groups in total. The van der Waals surface area contributed by atoms with E-state index in [0.29, 0.717) is 17.2 Å². The Balaban J connectivity index is 1.35. The number of carbonyl (C=O) groups is 1. The molecule has 29 heavy (non-hydrogen) atoms. The highest BCUT2D eigenvalue weighted by molar-refractivity contribution is 7.17. The van der Waals surface area contributed by atoms with Gasteiger partial charge in [0.05, 0.1) is 19.9 Å². The van der Waals surface area contributed by atoms with Crippen molar-refractivity contribution >= 4 is 28.1 Å². The van der Waals surface area contributed by atoms with Crippen LogP contribution in [-0.4, -0.2) is 48.0 Å². The van der Waals surface area contributed by atoms with Gasteiger partial charge in [0.1, 0.15) is 11.5 Å². The molecule has 1 fully saturated rings. The van der Waals surface area contributed by atoms with Gasteiger partial charge >= 0.3 is 0 Å². The number of nitrogens with one attached hydrogen (secondary N) is 1. The van der Waals surface area contributed by atoms with E-state index in [1.54, 1.807) is 43.8 Å². The summed E-state index contributed by atoms with van der Waals surface area (Å²) in [4.78, 5) is 14.9. The molecule has 3 heterocycles. The lowest BCUT2D eigenvalue weighted by atomic mass is 9.96. The van der Waals surface area contributed by atoms with E-state index < -0.39 is 0 Å². The van der Waals surface area contributed by atoms with Crippen LogP contribution in [0.4, 0.5) is 10.8 Å². The maximum Gasteiger partial charge on any atom is 0.227 e. The molecule has 1 saturated heterocycles. The molecule has 1 aromatic carbocycles. The lowest BCUT2D eigenvalue weighted by Crippen LogP contribution is -2.38. The van der Waals surface area contributed by atoms with Gasteiger partial charge in [0.15, 0.2) is 0 Å². The van der Waals surface area contributed by atoms with Crippen LogP contribution >= 0.6 is 11.3 Å². The number of ether oxygens (including phenoxy) is 2. The highest BCUT2D eigenvalue weighted by Crippen LogP contribution is 2.31. The summed E-state index contributed by atoms with van der Waals surface area (Å²) in [6.07, 6.45) is 5.44.